The zero-order chi connectivity index (χ0) is 39.8. The van der Waals surface area contributed by atoms with Crippen molar-refractivity contribution in [2.45, 2.75) is 19.3 Å². The number of hydrogen-bond acceptors (Lipinski definition) is 2. The average Bonchev–Trinajstić information content (AvgIpc) is 3.52. The SMILES string of the molecule is CC1(C)c2cc(/C=C/c3ccc(N(c4ccccc4)c4ccccc4)cc3)ccc2-c2ccc(N(c3ccc(-c4ccccc4)cc3)c3ccc4ccccc4c3)cc21. The minimum Gasteiger partial charge on any atom is -0.311 e. The molecule has 0 bridgehead atoms. The minimum atomic E-state index is -0.184. The van der Waals surface area contributed by atoms with Crippen molar-refractivity contribution in [1.29, 1.82) is 0 Å². The van der Waals surface area contributed by atoms with Crippen LogP contribution in [0.25, 0.3) is 45.2 Å². The average molecular weight is 757 g/mol. The van der Waals surface area contributed by atoms with E-state index in [0.717, 1.165) is 39.7 Å². The van der Waals surface area contributed by atoms with Crippen molar-refractivity contribution < 1.29 is 0 Å². The fourth-order valence-corrected chi connectivity index (χ4v) is 8.71. The Labute approximate surface area is 347 Å². The Bertz CT molecular complexity index is 2890. The number of hydrogen-bond donors (Lipinski definition) is 0. The maximum Gasteiger partial charge on any atom is 0.0468 e. The molecule has 0 heterocycles. The van der Waals surface area contributed by atoms with Crippen LogP contribution in [0.4, 0.5) is 34.1 Å². The third-order valence-corrected chi connectivity index (χ3v) is 11.8. The number of nitrogens with zero attached hydrogens (tertiary/aromatic N) is 2. The van der Waals surface area contributed by atoms with E-state index in [0.29, 0.717) is 0 Å². The number of para-hydroxylation sites is 2. The van der Waals surface area contributed by atoms with Gasteiger partial charge in [0.2, 0.25) is 0 Å². The van der Waals surface area contributed by atoms with Crippen LogP contribution in [0.5, 0.6) is 0 Å². The first-order valence-corrected chi connectivity index (χ1v) is 20.4. The molecule has 0 saturated carbocycles. The summed E-state index contributed by atoms with van der Waals surface area (Å²) in [5, 5.41) is 2.46. The molecule has 0 fully saturated rings. The smallest absolute Gasteiger partial charge is 0.0468 e. The van der Waals surface area contributed by atoms with Gasteiger partial charge in [-0.2, -0.15) is 0 Å². The standard InChI is InChI=1S/C57H44N2/c1-57(2)55-38-42(23-22-41-24-30-49(31-25-41)58(47-18-8-4-9-19-47)48-20-10-5-11-21-48)26-36-53(55)54-37-35-52(40-56(54)57)59(51-34-29-44-16-12-13-17-46(44)39-51)50-32-27-45(28-33-50)43-14-6-3-7-15-43/h3-40H,1-2H3/b23-22+. The molecule has 0 saturated heterocycles. The van der Waals surface area contributed by atoms with Crippen LogP contribution < -0.4 is 9.80 Å². The van der Waals surface area contributed by atoms with E-state index in [1.54, 1.807) is 0 Å². The lowest BCUT2D eigenvalue weighted by molar-refractivity contribution is 0.660. The van der Waals surface area contributed by atoms with Gasteiger partial charge in [0.25, 0.3) is 0 Å². The first-order chi connectivity index (χ1) is 29.0. The van der Waals surface area contributed by atoms with Crippen LogP contribution in [0.1, 0.15) is 36.1 Å². The van der Waals surface area contributed by atoms with E-state index in [2.05, 4.69) is 254 Å². The molecule has 10 rings (SSSR count). The molecule has 0 spiro atoms. The van der Waals surface area contributed by atoms with Crippen molar-refractivity contribution in [3.05, 3.63) is 241 Å². The van der Waals surface area contributed by atoms with E-state index in [-0.39, 0.29) is 5.41 Å². The Balaban J connectivity index is 0.956. The maximum absolute atomic E-state index is 2.42. The quantitative estimate of drug-likeness (QED) is 0.135. The maximum atomic E-state index is 2.42. The summed E-state index contributed by atoms with van der Waals surface area (Å²) in [6, 6.07) is 78.8. The van der Waals surface area contributed by atoms with Gasteiger partial charge in [0.05, 0.1) is 0 Å². The molecular formula is C57H44N2. The van der Waals surface area contributed by atoms with Gasteiger partial charge in [0.1, 0.15) is 0 Å². The lowest BCUT2D eigenvalue weighted by atomic mass is 9.81. The van der Waals surface area contributed by atoms with Crippen LogP contribution in [0, 0.1) is 0 Å². The highest BCUT2D eigenvalue weighted by atomic mass is 15.1. The van der Waals surface area contributed by atoms with Crippen molar-refractivity contribution in [3.8, 4) is 22.3 Å². The predicted molar refractivity (Wildman–Crippen MR) is 252 cm³/mol. The summed E-state index contributed by atoms with van der Waals surface area (Å²) >= 11 is 0. The first kappa shape index (κ1) is 36.0. The first-order valence-electron chi connectivity index (χ1n) is 20.4. The zero-order valence-corrected chi connectivity index (χ0v) is 33.3. The number of benzene rings is 9. The van der Waals surface area contributed by atoms with Crippen LogP contribution >= 0.6 is 0 Å². The Hall–Kier alpha value is -7.42. The van der Waals surface area contributed by atoms with E-state index < -0.39 is 0 Å². The number of fused-ring (bicyclic) bond motifs is 4. The van der Waals surface area contributed by atoms with Gasteiger partial charge in [-0.05, 0) is 128 Å². The van der Waals surface area contributed by atoms with Crippen LogP contribution in [-0.4, -0.2) is 0 Å². The van der Waals surface area contributed by atoms with Gasteiger partial charge < -0.3 is 9.80 Å². The molecule has 59 heavy (non-hydrogen) atoms. The molecule has 9 aromatic carbocycles. The van der Waals surface area contributed by atoms with Crippen molar-refractivity contribution in [2.24, 2.45) is 0 Å². The number of anilines is 6. The highest BCUT2D eigenvalue weighted by Gasteiger charge is 2.36. The predicted octanol–water partition coefficient (Wildman–Crippen LogP) is 15.9. The van der Waals surface area contributed by atoms with Crippen molar-refractivity contribution >= 4 is 57.0 Å². The van der Waals surface area contributed by atoms with Crippen molar-refractivity contribution in [3.63, 3.8) is 0 Å². The molecule has 1 aliphatic carbocycles. The monoisotopic (exact) mass is 756 g/mol. The topological polar surface area (TPSA) is 6.48 Å². The van der Waals surface area contributed by atoms with E-state index in [1.807, 2.05) is 0 Å². The molecule has 0 radical (unpaired) electrons. The van der Waals surface area contributed by atoms with Gasteiger partial charge in [-0.15, -0.1) is 0 Å². The van der Waals surface area contributed by atoms with Crippen LogP contribution in [0.2, 0.25) is 0 Å². The molecule has 9 aromatic rings. The Kier molecular flexibility index (Phi) is 9.24. The van der Waals surface area contributed by atoms with E-state index in [9.17, 15) is 0 Å². The summed E-state index contributed by atoms with van der Waals surface area (Å²) < 4.78 is 0. The lowest BCUT2D eigenvalue weighted by Crippen LogP contribution is -2.16. The summed E-state index contributed by atoms with van der Waals surface area (Å²) in [5.41, 5.74) is 16.7. The fourth-order valence-electron chi connectivity index (χ4n) is 8.71. The highest BCUT2D eigenvalue weighted by Crippen LogP contribution is 2.51. The Morgan fingerprint density at radius 3 is 1.41 bits per heavy atom. The minimum absolute atomic E-state index is 0.184. The van der Waals surface area contributed by atoms with Crippen LogP contribution in [-0.2, 0) is 5.41 Å². The van der Waals surface area contributed by atoms with Gasteiger partial charge in [0.15, 0.2) is 0 Å². The highest BCUT2D eigenvalue weighted by molar-refractivity contribution is 5.91. The number of rotatable bonds is 9. The van der Waals surface area contributed by atoms with Gasteiger partial charge in [0, 0.05) is 39.5 Å². The molecule has 282 valence electrons. The third-order valence-electron chi connectivity index (χ3n) is 11.8. The third kappa shape index (κ3) is 6.89. The van der Waals surface area contributed by atoms with Gasteiger partial charge >= 0.3 is 0 Å². The molecule has 1 aliphatic rings. The normalized spacial score (nSPS) is 12.6. The molecule has 0 amide bonds. The Morgan fingerprint density at radius 2 is 0.746 bits per heavy atom. The van der Waals surface area contributed by atoms with E-state index >= 15 is 0 Å². The molecule has 0 unspecified atom stereocenters. The second-order valence-electron chi connectivity index (χ2n) is 15.9. The summed E-state index contributed by atoms with van der Waals surface area (Å²) in [4.78, 5) is 4.70. The second kappa shape index (κ2) is 15.2. The van der Waals surface area contributed by atoms with E-state index in [4.69, 9.17) is 0 Å². The molecule has 0 atom stereocenters. The summed E-state index contributed by atoms with van der Waals surface area (Å²) in [6.07, 6.45) is 4.46. The fraction of sp³-hybridized carbons (Fsp3) is 0.0526. The van der Waals surface area contributed by atoms with E-state index in [1.165, 1.54) is 49.7 Å². The van der Waals surface area contributed by atoms with Crippen LogP contribution in [0.15, 0.2) is 218 Å². The second-order valence-corrected chi connectivity index (χ2v) is 15.9. The zero-order valence-electron chi connectivity index (χ0n) is 33.3. The lowest BCUT2D eigenvalue weighted by Gasteiger charge is -2.28. The van der Waals surface area contributed by atoms with Gasteiger partial charge in [-0.25, -0.2) is 0 Å². The van der Waals surface area contributed by atoms with Gasteiger partial charge in [-0.3, -0.25) is 0 Å². The van der Waals surface area contributed by atoms with Crippen molar-refractivity contribution in [1.82, 2.24) is 0 Å². The summed E-state index contributed by atoms with van der Waals surface area (Å²) in [5.74, 6) is 0. The molecular weight excluding hydrogens is 713 g/mol. The molecule has 2 nitrogen and oxygen atoms in total. The molecule has 0 aromatic heterocycles. The van der Waals surface area contributed by atoms with Gasteiger partial charge in [-0.1, -0.05) is 172 Å². The largest absolute Gasteiger partial charge is 0.311 e. The van der Waals surface area contributed by atoms with Crippen molar-refractivity contribution in [2.75, 3.05) is 9.80 Å². The molecule has 0 aliphatic heterocycles. The molecule has 0 N–H and O–H groups in total. The summed E-state index contributed by atoms with van der Waals surface area (Å²) in [6.45, 7) is 4.74. The van der Waals surface area contributed by atoms with Crippen LogP contribution in [0.3, 0.4) is 0 Å². The molecule has 2 heteroatoms. The Morgan fingerprint density at radius 1 is 0.322 bits per heavy atom. The summed E-state index contributed by atoms with van der Waals surface area (Å²) in [7, 11) is 0.